The number of amides is 1. The van der Waals surface area contributed by atoms with Crippen LogP contribution in [0.15, 0.2) is 0 Å². The maximum Gasteiger partial charge on any atom is 0.223 e. The molecule has 1 amide bonds. The van der Waals surface area contributed by atoms with E-state index in [4.69, 9.17) is 4.74 Å². The van der Waals surface area contributed by atoms with Crippen molar-refractivity contribution in [3.63, 3.8) is 0 Å². The molecule has 2 aliphatic rings. The van der Waals surface area contributed by atoms with Gasteiger partial charge in [0.25, 0.3) is 0 Å². The maximum absolute atomic E-state index is 12.1. The Hall–Kier alpha value is -0.650. The second-order valence-electron chi connectivity index (χ2n) is 5.95. The number of ether oxygens (including phenoxy) is 1. The molecule has 0 aromatic carbocycles. The number of morpholine rings is 1. The highest BCUT2D eigenvalue weighted by atomic mass is 16.5. The number of hydrogen-bond acceptors (Lipinski definition) is 4. The number of likely N-dealkylation sites (tertiary alicyclic amines) is 1. The van der Waals surface area contributed by atoms with E-state index in [-0.39, 0.29) is 11.9 Å². The standard InChI is InChI=1S/C14H27N3O2/c1-16-6-3-12(10-16)4-7-17(2)14(18)9-13-11-19-8-5-15-13/h12-13,15H,3-11H2,1-2H3. The van der Waals surface area contributed by atoms with Crippen molar-refractivity contribution in [1.29, 1.82) is 0 Å². The van der Waals surface area contributed by atoms with Crippen molar-refractivity contribution in [2.45, 2.75) is 25.3 Å². The fourth-order valence-electron chi connectivity index (χ4n) is 2.88. The Balaban J connectivity index is 1.64. The number of carbonyl (C=O) groups is 1. The molecule has 0 spiro atoms. The van der Waals surface area contributed by atoms with Gasteiger partial charge in [-0.1, -0.05) is 0 Å². The van der Waals surface area contributed by atoms with Gasteiger partial charge in [-0.05, 0) is 32.4 Å². The molecule has 2 saturated heterocycles. The van der Waals surface area contributed by atoms with Crippen molar-refractivity contribution < 1.29 is 9.53 Å². The summed E-state index contributed by atoms with van der Waals surface area (Å²) in [4.78, 5) is 16.4. The van der Waals surface area contributed by atoms with Gasteiger partial charge in [-0.2, -0.15) is 0 Å². The van der Waals surface area contributed by atoms with Crippen LogP contribution in [0.3, 0.4) is 0 Å². The summed E-state index contributed by atoms with van der Waals surface area (Å²) < 4.78 is 5.38. The average molecular weight is 269 g/mol. The Morgan fingerprint density at radius 3 is 3.00 bits per heavy atom. The normalized spacial score (nSPS) is 28.5. The van der Waals surface area contributed by atoms with Crippen molar-refractivity contribution in [2.24, 2.45) is 5.92 Å². The third kappa shape index (κ3) is 4.75. The molecule has 5 nitrogen and oxygen atoms in total. The first-order chi connectivity index (χ1) is 9.15. The zero-order chi connectivity index (χ0) is 13.7. The lowest BCUT2D eigenvalue weighted by molar-refractivity contribution is -0.131. The molecule has 2 heterocycles. The molecule has 1 N–H and O–H groups in total. The third-order valence-electron chi connectivity index (χ3n) is 4.21. The molecular weight excluding hydrogens is 242 g/mol. The number of rotatable bonds is 5. The highest BCUT2D eigenvalue weighted by molar-refractivity contribution is 5.76. The predicted octanol–water partition coefficient (Wildman–Crippen LogP) is 0.165. The van der Waals surface area contributed by atoms with Crippen LogP contribution in [0.25, 0.3) is 0 Å². The summed E-state index contributed by atoms with van der Waals surface area (Å²) >= 11 is 0. The fourth-order valence-corrected chi connectivity index (χ4v) is 2.88. The molecule has 0 aromatic heterocycles. The van der Waals surface area contributed by atoms with Gasteiger partial charge in [-0.15, -0.1) is 0 Å². The first-order valence-corrected chi connectivity index (χ1v) is 7.39. The van der Waals surface area contributed by atoms with Crippen LogP contribution in [-0.4, -0.2) is 75.2 Å². The molecule has 0 aromatic rings. The highest BCUT2D eigenvalue weighted by Gasteiger charge is 2.22. The van der Waals surface area contributed by atoms with Gasteiger partial charge in [0.15, 0.2) is 0 Å². The zero-order valence-electron chi connectivity index (χ0n) is 12.2. The minimum Gasteiger partial charge on any atom is -0.378 e. The molecule has 2 unspecified atom stereocenters. The van der Waals surface area contributed by atoms with Crippen molar-refractivity contribution in [2.75, 3.05) is 53.5 Å². The van der Waals surface area contributed by atoms with Crippen LogP contribution >= 0.6 is 0 Å². The largest absolute Gasteiger partial charge is 0.378 e. The molecule has 19 heavy (non-hydrogen) atoms. The number of nitrogens with zero attached hydrogens (tertiary/aromatic N) is 2. The van der Waals surface area contributed by atoms with Gasteiger partial charge in [0.1, 0.15) is 0 Å². The van der Waals surface area contributed by atoms with Crippen molar-refractivity contribution >= 4 is 5.91 Å². The lowest BCUT2D eigenvalue weighted by Gasteiger charge is -2.26. The first kappa shape index (κ1) is 14.8. The lowest BCUT2D eigenvalue weighted by Crippen LogP contribution is -2.44. The number of hydrogen-bond donors (Lipinski definition) is 1. The molecular formula is C14H27N3O2. The molecule has 2 fully saturated rings. The molecule has 0 bridgehead atoms. The topological polar surface area (TPSA) is 44.8 Å². The lowest BCUT2D eigenvalue weighted by atomic mass is 10.0. The zero-order valence-corrected chi connectivity index (χ0v) is 12.2. The van der Waals surface area contributed by atoms with Gasteiger partial charge in [0.2, 0.25) is 5.91 Å². The fraction of sp³-hybridized carbons (Fsp3) is 0.929. The van der Waals surface area contributed by atoms with Crippen LogP contribution in [0.1, 0.15) is 19.3 Å². The second-order valence-corrected chi connectivity index (χ2v) is 5.95. The van der Waals surface area contributed by atoms with Gasteiger partial charge < -0.3 is 19.9 Å². The van der Waals surface area contributed by atoms with Gasteiger partial charge in [0, 0.05) is 39.1 Å². The van der Waals surface area contributed by atoms with Gasteiger partial charge in [0.05, 0.1) is 13.2 Å². The van der Waals surface area contributed by atoms with Gasteiger partial charge >= 0.3 is 0 Å². The molecule has 2 rings (SSSR count). The second kappa shape index (κ2) is 7.22. The first-order valence-electron chi connectivity index (χ1n) is 7.39. The summed E-state index contributed by atoms with van der Waals surface area (Å²) in [6.45, 7) is 5.54. The van der Waals surface area contributed by atoms with Gasteiger partial charge in [-0.25, -0.2) is 0 Å². The molecule has 110 valence electrons. The predicted molar refractivity (Wildman–Crippen MR) is 75.1 cm³/mol. The molecule has 2 aliphatic heterocycles. The average Bonchev–Trinajstić information content (AvgIpc) is 2.83. The van der Waals surface area contributed by atoms with E-state index in [1.54, 1.807) is 0 Å². The maximum atomic E-state index is 12.1. The van der Waals surface area contributed by atoms with Crippen LogP contribution in [-0.2, 0) is 9.53 Å². The van der Waals surface area contributed by atoms with E-state index in [0.717, 1.165) is 32.0 Å². The van der Waals surface area contributed by atoms with E-state index in [9.17, 15) is 4.79 Å². The molecule has 0 radical (unpaired) electrons. The monoisotopic (exact) mass is 269 g/mol. The smallest absolute Gasteiger partial charge is 0.223 e. The minimum absolute atomic E-state index is 0.196. The van der Waals surface area contributed by atoms with E-state index >= 15 is 0 Å². The van der Waals surface area contributed by atoms with Crippen molar-refractivity contribution in [3.05, 3.63) is 0 Å². The summed E-state index contributed by atoms with van der Waals surface area (Å²) in [5.41, 5.74) is 0. The third-order valence-corrected chi connectivity index (χ3v) is 4.21. The Labute approximate surface area is 116 Å². The van der Waals surface area contributed by atoms with E-state index in [2.05, 4.69) is 17.3 Å². The van der Waals surface area contributed by atoms with E-state index in [0.29, 0.717) is 13.0 Å². The molecule has 0 aliphatic carbocycles. The van der Waals surface area contributed by atoms with Crippen LogP contribution in [0.4, 0.5) is 0 Å². The van der Waals surface area contributed by atoms with Gasteiger partial charge in [-0.3, -0.25) is 4.79 Å². The summed E-state index contributed by atoms with van der Waals surface area (Å²) in [5.74, 6) is 0.991. The molecule has 2 atom stereocenters. The van der Waals surface area contributed by atoms with E-state index < -0.39 is 0 Å². The minimum atomic E-state index is 0.196. The van der Waals surface area contributed by atoms with Crippen LogP contribution in [0.2, 0.25) is 0 Å². The Morgan fingerprint density at radius 2 is 2.37 bits per heavy atom. The number of nitrogens with one attached hydrogen (secondary N) is 1. The van der Waals surface area contributed by atoms with E-state index in [1.807, 2.05) is 11.9 Å². The Morgan fingerprint density at radius 1 is 1.53 bits per heavy atom. The summed E-state index contributed by atoms with van der Waals surface area (Å²) in [7, 11) is 4.09. The summed E-state index contributed by atoms with van der Waals surface area (Å²) in [6, 6.07) is 0.196. The number of carbonyl (C=O) groups excluding carboxylic acids is 1. The van der Waals surface area contributed by atoms with Crippen LogP contribution < -0.4 is 5.32 Å². The summed E-state index contributed by atoms with van der Waals surface area (Å²) in [6.07, 6.45) is 2.96. The Kier molecular flexibility index (Phi) is 5.60. The van der Waals surface area contributed by atoms with Crippen molar-refractivity contribution in [3.8, 4) is 0 Å². The Bertz CT molecular complexity index is 292. The van der Waals surface area contributed by atoms with Crippen LogP contribution in [0.5, 0.6) is 0 Å². The van der Waals surface area contributed by atoms with Crippen LogP contribution in [0, 0.1) is 5.92 Å². The quantitative estimate of drug-likeness (QED) is 0.772. The summed E-state index contributed by atoms with van der Waals surface area (Å²) in [5, 5.41) is 3.33. The van der Waals surface area contributed by atoms with Crippen molar-refractivity contribution in [1.82, 2.24) is 15.1 Å². The van der Waals surface area contributed by atoms with E-state index in [1.165, 1.54) is 19.5 Å². The SMILES string of the molecule is CN1CCC(CCN(C)C(=O)CC2COCCN2)C1. The molecule has 5 heteroatoms. The highest BCUT2D eigenvalue weighted by Crippen LogP contribution is 2.18. The molecule has 0 saturated carbocycles.